The van der Waals surface area contributed by atoms with E-state index in [-0.39, 0.29) is 5.54 Å². The third kappa shape index (κ3) is 11.4. The summed E-state index contributed by atoms with van der Waals surface area (Å²) in [5, 5.41) is 0. The van der Waals surface area contributed by atoms with Crippen molar-refractivity contribution in [3.05, 3.63) is 0 Å². The molecule has 0 aromatic rings. The summed E-state index contributed by atoms with van der Waals surface area (Å²) in [7, 11) is 0. The Hall–Kier alpha value is -0.160. The van der Waals surface area contributed by atoms with E-state index in [0.717, 1.165) is 58.4 Å². The van der Waals surface area contributed by atoms with E-state index in [1.807, 2.05) is 0 Å². The van der Waals surface area contributed by atoms with Gasteiger partial charge in [-0.3, -0.25) is 0 Å². The van der Waals surface area contributed by atoms with Crippen molar-refractivity contribution >= 4 is 0 Å². The minimum atomic E-state index is 0.00584. The number of hydrogen-bond donors (Lipinski definition) is 2. The molecule has 0 aliphatic heterocycles. The molecule has 146 valence electrons. The molecule has 0 atom stereocenters. The van der Waals surface area contributed by atoms with Crippen molar-refractivity contribution in [2.45, 2.75) is 84.6 Å². The van der Waals surface area contributed by atoms with Gasteiger partial charge in [-0.2, -0.15) is 0 Å². The monoisotopic (exact) mass is 342 g/mol. The molecular formula is C20H46N4. The van der Waals surface area contributed by atoms with Crippen molar-refractivity contribution in [3.8, 4) is 0 Å². The zero-order valence-electron chi connectivity index (χ0n) is 17.2. The molecule has 0 aromatic heterocycles. The Labute approximate surface area is 152 Å². The van der Waals surface area contributed by atoms with Crippen LogP contribution in [0.2, 0.25) is 0 Å². The molecule has 0 unspecified atom stereocenters. The van der Waals surface area contributed by atoms with E-state index >= 15 is 0 Å². The fraction of sp³-hybridized carbons (Fsp3) is 1.00. The molecule has 0 fully saturated rings. The minimum absolute atomic E-state index is 0.00584. The summed E-state index contributed by atoms with van der Waals surface area (Å²) < 4.78 is 0. The summed E-state index contributed by atoms with van der Waals surface area (Å²) in [5.41, 5.74) is 12.5. The van der Waals surface area contributed by atoms with Gasteiger partial charge in [-0.05, 0) is 84.3 Å². The average molecular weight is 343 g/mol. The van der Waals surface area contributed by atoms with Crippen LogP contribution in [0.4, 0.5) is 0 Å². The topological polar surface area (TPSA) is 58.5 Å². The van der Waals surface area contributed by atoms with Gasteiger partial charge in [0.1, 0.15) is 0 Å². The van der Waals surface area contributed by atoms with Crippen molar-refractivity contribution in [3.63, 3.8) is 0 Å². The molecule has 24 heavy (non-hydrogen) atoms. The Bertz CT molecular complexity index is 242. The molecule has 0 aliphatic rings. The van der Waals surface area contributed by atoms with Crippen molar-refractivity contribution < 1.29 is 0 Å². The summed E-state index contributed by atoms with van der Waals surface area (Å²) >= 11 is 0. The first kappa shape index (κ1) is 23.8. The van der Waals surface area contributed by atoms with E-state index in [9.17, 15) is 0 Å². The highest BCUT2D eigenvalue weighted by molar-refractivity contribution is 4.84. The van der Waals surface area contributed by atoms with E-state index in [1.165, 1.54) is 38.8 Å². The molecule has 0 bridgehead atoms. The number of unbranched alkanes of at least 4 members (excludes halogenated alkanes) is 2. The fourth-order valence-corrected chi connectivity index (χ4v) is 3.53. The van der Waals surface area contributed by atoms with Crippen LogP contribution in [0.5, 0.6) is 0 Å². The maximum atomic E-state index is 6.77. The third-order valence-corrected chi connectivity index (χ3v) is 5.47. The maximum absolute atomic E-state index is 6.77. The van der Waals surface area contributed by atoms with E-state index < -0.39 is 0 Å². The Balaban J connectivity index is 4.14. The summed E-state index contributed by atoms with van der Waals surface area (Å²) in [4.78, 5) is 5.00. The Morgan fingerprint density at radius 1 is 0.625 bits per heavy atom. The molecule has 4 nitrogen and oxygen atoms in total. The highest BCUT2D eigenvalue weighted by Crippen LogP contribution is 2.24. The normalized spacial score (nSPS) is 12.5. The van der Waals surface area contributed by atoms with Crippen molar-refractivity contribution in [1.82, 2.24) is 9.80 Å². The SMILES string of the molecule is CCN(CC)CCCCC(N)(CCCN)CCCCN(CC)CC. The zero-order valence-corrected chi connectivity index (χ0v) is 17.2. The van der Waals surface area contributed by atoms with Crippen LogP contribution in [0.3, 0.4) is 0 Å². The van der Waals surface area contributed by atoms with Gasteiger partial charge in [0.15, 0.2) is 0 Å². The second-order valence-electron chi connectivity index (χ2n) is 7.22. The van der Waals surface area contributed by atoms with Crippen LogP contribution in [-0.4, -0.2) is 61.2 Å². The molecule has 4 heteroatoms. The molecule has 0 saturated heterocycles. The van der Waals surface area contributed by atoms with E-state index in [1.54, 1.807) is 0 Å². The quantitative estimate of drug-likeness (QED) is 0.398. The second kappa shape index (κ2) is 15.1. The first-order valence-electron chi connectivity index (χ1n) is 10.5. The van der Waals surface area contributed by atoms with E-state index in [0.29, 0.717) is 0 Å². The molecule has 0 saturated carbocycles. The maximum Gasteiger partial charge on any atom is 0.0154 e. The van der Waals surface area contributed by atoms with Crippen LogP contribution in [0.15, 0.2) is 0 Å². The molecule has 0 spiro atoms. The first-order chi connectivity index (χ1) is 11.5. The highest BCUT2D eigenvalue weighted by atomic mass is 15.1. The molecule has 4 N–H and O–H groups in total. The first-order valence-corrected chi connectivity index (χ1v) is 10.5. The lowest BCUT2D eigenvalue weighted by Gasteiger charge is -2.31. The van der Waals surface area contributed by atoms with Crippen molar-refractivity contribution in [2.75, 3.05) is 45.8 Å². The van der Waals surface area contributed by atoms with Gasteiger partial charge in [0.25, 0.3) is 0 Å². The summed E-state index contributed by atoms with van der Waals surface area (Å²) in [5.74, 6) is 0. The van der Waals surface area contributed by atoms with Crippen molar-refractivity contribution in [1.29, 1.82) is 0 Å². The molecular weight excluding hydrogens is 296 g/mol. The summed E-state index contributed by atoms with van der Waals surface area (Å²) in [6, 6.07) is 0. The van der Waals surface area contributed by atoms with Gasteiger partial charge in [0.05, 0.1) is 0 Å². The smallest absolute Gasteiger partial charge is 0.0154 e. The number of hydrogen-bond acceptors (Lipinski definition) is 4. The van der Waals surface area contributed by atoms with Crippen LogP contribution in [0.25, 0.3) is 0 Å². The van der Waals surface area contributed by atoms with Gasteiger partial charge in [-0.15, -0.1) is 0 Å². The van der Waals surface area contributed by atoms with Gasteiger partial charge in [0.2, 0.25) is 0 Å². The Kier molecular flexibility index (Phi) is 15.0. The van der Waals surface area contributed by atoms with Crippen LogP contribution in [0.1, 0.15) is 79.1 Å². The number of nitrogens with two attached hydrogens (primary N) is 2. The second-order valence-corrected chi connectivity index (χ2v) is 7.22. The predicted octanol–water partition coefficient (Wildman–Crippen LogP) is 3.45. The highest BCUT2D eigenvalue weighted by Gasteiger charge is 2.23. The van der Waals surface area contributed by atoms with Gasteiger partial charge < -0.3 is 21.3 Å². The Morgan fingerprint density at radius 3 is 1.33 bits per heavy atom. The number of rotatable bonds is 17. The molecule has 0 aliphatic carbocycles. The lowest BCUT2D eigenvalue weighted by atomic mass is 9.84. The van der Waals surface area contributed by atoms with Crippen molar-refractivity contribution in [2.24, 2.45) is 11.5 Å². The van der Waals surface area contributed by atoms with Gasteiger partial charge in [0, 0.05) is 5.54 Å². The lowest BCUT2D eigenvalue weighted by Crippen LogP contribution is -2.40. The molecule has 0 amide bonds. The van der Waals surface area contributed by atoms with Crippen LogP contribution >= 0.6 is 0 Å². The molecule has 0 radical (unpaired) electrons. The van der Waals surface area contributed by atoms with Gasteiger partial charge >= 0.3 is 0 Å². The number of nitrogens with zero attached hydrogens (tertiary/aromatic N) is 2. The molecule has 0 rings (SSSR count). The zero-order chi connectivity index (χ0) is 18.3. The van der Waals surface area contributed by atoms with Gasteiger partial charge in [-0.25, -0.2) is 0 Å². The largest absolute Gasteiger partial charge is 0.330 e. The molecule has 0 heterocycles. The lowest BCUT2D eigenvalue weighted by molar-refractivity contribution is 0.262. The Morgan fingerprint density at radius 2 is 1.00 bits per heavy atom. The third-order valence-electron chi connectivity index (χ3n) is 5.47. The summed E-state index contributed by atoms with van der Waals surface area (Å²) in [6.45, 7) is 16.8. The standard InChI is InChI=1S/C20H46N4/c1-5-23(6-2)18-11-9-14-20(22,16-13-17-21)15-10-12-19-24(7-3)8-4/h5-19,21-22H2,1-4H3. The minimum Gasteiger partial charge on any atom is -0.330 e. The van der Waals surface area contributed by atoms with Crippen LogP contribution < -0.4 is 11.5 Å². The van der Waals surface area contributed by atoms with E-state index in [4.69, 9.17) is 11.5 Å². The van der Waals surface area contributed by atoms with E-state index in [2.05, 4.69) is 37.5 Å². The molecule has 0 aromatic carbocycles. The predicted molar refractivity (Wildman–Crippen MR) is 108 cm³/mol. The van der Waals surface area contributed by atoms with Crippen LogP contribution in [0, 0.1) is 0 Å². The fourth-order valence-electron chi connectivity index (χ4n) is 3.53. The van der Waals surface area contributed by atoms with Gasteiger partial charge in [-0.1, -0.05) is 40.5 Å². The average Bonchev–Trinajstić information content (AvgIpc) is 2.60. The van der Waals surface area contributed by atoms with Crippen LogP contribution in [-0.2, 0) is 0 Å². The summed E-state index contributed by atoms with van der Waals surface area (Å²) in [6.07, 6.45) is 9.47.